The lowest BCUT2D eigenvalue weighted by molar-refractivity contribution is 0.257. The van der Waals surface area contributed by atoms with Gasteiger partial charge in [0.2, 0.25) is 10.0 Å². The lowest BCUT2D eigenvalue weighted by atomic mass is 10.1. The monoisotopic (exact) mass is 332 g/mol. The Morgan fingerprint density at radius 3 is 2.83 bits per heavy atom. The van der Waals surface area contributed by atoms with Gasteiger partial charge in [0.25, 0.3) is 0 Å². The third kappa shape index (κ3) is 2.77. The van der Waals surface area contributed by atoms with Gasteiger partial charge in [0.05, 0.1) is 4.90 Å². The molecule has 0 spiro atoms. The zero-order valence-corrected chi connectivity index (χ0v) is 12.5. The summed E-state index contributed by atoms with van der Waals surface area (Å²) < 4.78 is 27.4. The first-order chi connectivity index (χ1) is 8.55. The van der Waals surface area contributed by atoms with Crippen LogP contribution >= 0.6 is 15.9 Å². The Hall–Kier alpha value is -0.430. The Morgan fingerprint density at radius 1 is 1.39 bits per heavy atom. The van der Waals surface area contributed by atoms with Gasteiger partial charge >= 0.3 is 0 Å². The van der Waals surface area contributed by atoms with E-state index < -0.39 is 10.0 Å². The maximum absolute atomic E-state index is 12.6. The van der Waals surface area contributed by atoms with Crippen LogP contribution in [0.15, 0.2) is 33.6 Å². The van der Waals surface area contributed by atoms with Crippen molar-refractivity contribution in [2.45, 2.75) is 30.2 Å². The summed E-state index contributed by atoms with van der Waals surface area (Å²) in [6.45, 7) is 0.948. The molecule has 0 unspecified atom stereocenters. The van der Waals surface area contributed by atoms with E-state index in [-0.39, 0.29) is 6.04 Å². The molecule has 1 atom stereocenters. The van der Waals surface area contributed by atoms with Crippen LogP contribution in [-0.2, 0) is 10.0 Å². The smallest absolute Gasteiger partial charge is 0.243 e. The Labute approximate surface area is 116 Å². The van der Waals surface area contributed by atoms with Crippen LogP contribution in [-0.4, -0.2) is 31.9 Å². The van der Waals surface area contributed by atoms with Crippen LogP contribution < -0.4 is 5.73 Å². The van der Waals surface area contributed by atoms with Gasteiger partial charge in [0.1, 0.15) is 0 Å². The van der Waals surface area contributed by atoms with Crippen molar-refractivity contribution in [3.8, 4) is 0 Å². The van der Waals surface area contributed by atoms with Crippen molar-refractivity contribution < 1.29 is 8.42 Å². The molecule has 0 aromatic heterocycles. The lowest BCUT2D eigenvalue weighted by Gasteiger charge is -2.33. The molecule has 100 valence electrons. The molecule has 0 aliphatic carbocycles. The van der Waals surface area contributed by atoms with E-state index in [0.717, 1.165) is 23.7 Å². The molecule has 0 bridgehead atoms. The van der Waals surface area contributed by atoms with E-state index in [1.54, 1.807) is 22.5 Å². The van der Waals surface area contributed by atoms with Crippen LogP contribution in [0.2, 0.25) is 0 Å². The zero-order chi connectivity index (χ0) is 13.2. The Bertz CT molecular complexity index is 519. The molecular formula is C12H17BrN2O2S. The molecule has 0 amide bonds. The number of rotatable bonds is 3. The number of hydrogen-bond donors (Lipinski definition) is 1. The number of benzene rings is 1. The van der Waals surface area contributed by atoms with Crippen molar-refractivity contribution in [3.05, 3.63) is 28.7 Å². The van der Waals surface area contributed by atoms with Crippen molar-refractivity contribution in [2.75, 3.05) is 13.1 Å². The van der Waals surface area contributed by atoms with Crippen molar-refractivity contribution in [1.82, 2.24) is 4.31 Å². The van der Waals surface area contributed by atoms with Gasteiger partial charge in [-0.15, -0.1) is 0 Å². The third-order valence-electron chi connectivity index (χ3n) is 3.25. The molecule has 1 heterocycles. The molecular weight excluding hydrogens is 316 g/mol. The average Bonchev–Trinajstić information content (AvgIpc) is 2.38. The normalized spacial score (nSPS) is 22.0. The molecule has 1 saturated heterocycles. The SMILES string of the molecule is NC[C@@H]1CCCCN1S(=O)(=O)c1cccc(Br)c1. The number of nitrogens with zero attached hydrogens (tertiary/aromatic N) is 1. The first-order valence-corrected chi connectivity index (χ1v) is 8.26. The van der Waals surface area contributed by atoms with E-state index in [1.807, 2.05) is 6.07 Å². The number of hydrogen-bond acceptors (Lipinski definition) is 3. The molecule has 2 N–H and O–H groups in total. The van der Waals surface area contributed by atoms with E-state index >= 15 is 0 Å². The fourth-order valence-electron chi connectivity index (χ4n) is 2.29. The first-order valence-electron chi connectivity index (χ1n) is 6.03. The van der Waals surface area contributed by atoms with Crippen LogP contribution in [0.3, 0.4) is 0 Å². The van der Waals surface area contributed by atoms with Gasteiger partial charge in [-0.2, -0.15) is 4.31 Å². The van der Waals surface area contributed by atoms with Crippen molar-refractivity contribution in [2.24, 2.45) is 5.73 Å². The topological polar surface area (TPSA) is 63.4 Å². The Morgan fingerprint density at radius 2 is 2.17 bits per heavy atom. The lowest BCUT2D eigenvalue weighted by Crippen LogP contribution is -2.47. The van der Waals surface area contributed by atoms with E-state index in [2.05, 4.69) is 15.9 Å². The molecule has 0 saturated carbocycles. The van der Waals surface area contributed by atoms with Gasteiger partial charge in [-0.05, 0) is 31.0 Å². The van der Waals surface area contributed by atoms with Crippen LogP contribution in [0, 0.1) is 0 Å². The highest BCUT2D eigenvalue weighted by Crippen LogP contribution is 2.26. The highest BCUT2D eigenvalue weighted by Gasteiger charge is 2.32. The standard InChI is InChI=1S/C12H17BrN2O2S/c13-10-4-3-6-12(8-10)18(16,17)15-7-2-1-5-11(15)9-14/h3-4,6,8,11H,1-2,5,7,9,14H2/t11-/m0/s1. The summed E-state index contributed by atoms with van der Waals surface area (Å²) in [5, 5.41) is 0. The number of piperidine rings is 1. The van der Waals surface area contributed by atoms with E-state index in [4.69, 9.17) is 5.73 Å². The largest absolute Gasteiger partial charge is 0.329 e. The summed E-state index contributed by atoms with van der Waals surface area (Å²) >= 11 is 3.30. The number of sulfonamides is 1. The fraction of sp³-hybridized carbons (Fsp3) is 0.500. The van der Waals surface area contributed by atoms with Crippen molar-refractivity contribution in [1.29, 1.82) is 0 Å². The van der Waals surface area contributed by atoms with E-state index in [0.29, 0.717) is 18.0 Å². The second kappa shape index (κ2) is 5.69. The zero-order valence-electron chi connectivity index (χ0n) is 10.0. The molecule has 1 aliphatic heterocycles. The van der Waals surface area contributed by atoms with E-state index in [9.17, 15) is 8.42 Å². The molecule has 2 rings (SSSR count). The molecule has 4 nitrogen and oxygen atoms in total. The number of nitrogens with two attached hydrogens (primary N) is 1. The summed E-state index contributed by atoms with van der Waals surface area (Å²) in [5.41, 5.74) is 5.68. The molecule has 6 heteroatoms. The minimum atomic E-state index is -3.42. The van der Waals surface area contributed by atoms with Gasteiger partial charge in [-0.25, -0.2) is 8.42 Å². The van der Waals surface area contributed by atoms with Crippen LogP contribution in [0.1, 0.15) is 19.3 Å². The van der Waals surface area contributed by atoms with Crippen LogP contribution in [0.4, 0.5) is 0 Å². The highest BCUT2D eigenvalue weighted by molar-refractivity contribution is 9.10. The summed E-state index contributed by atoms with van der Waals surface area (Å²) in [5.74, 6) is 0. The quantitative estimate of drug-likeness (QED) is 0.920. The maximum atomic E-state index is 12.6. The second-order valence-corrected chi connectivity index (χ2v) is 7.26. The van der Waals surface area contributed by atoms with Crippen molar-refractivity contribution >= 4 is 26.0 Å². The van der Waals surface area contributed by atoms with Gasteiger partial charge in [-0.1, -0.05) is 28.4 Å². The number of halogens is 1. The summed E-state index contributed by atoms with van der Waals surface area (Å²) in [6, 6.07) is 6.75. The molecule has 1 aliphatic rings. The summed E-state index contributed by atoms with van der Waals surface area (Å²) in [6.07, 6.45) is 2.81. The first kappa shape index (κ1) is 14.0. The highest BCUT2D eigenvalue weighted by atomic mass is 79.9. The Balaban J connectivity index is 2.35. The minimum absolute atomic E-state index is 0.0669. The van der Waals surface area contributed by atoms with Gasteiger partial charge in [-0.3, -0.25) is 0 Å². The molecule has 1 aromatic rings. The minimum Gasteiger partial charge on any atom is -0.329 e. The van der Waals surface area contributed by atoms with Gasteiger partial charge in [0.15, 0.2) is 0 Å². The van der Waals surface area contributed by atoms with Crippen LogP contribution in [0.25, 0.3) is 0 Å². The Kier molecular flexibility index (Phi) is 4.42. The third-order valence-corrected chi connectivity index (χ3v) is 5.69. The average molecular weight is 333 g/mol. The maximum Gasteiger partial charge on any atom is 0.243 e. The van der Waals surface area contributed by atoms with Crippen LogP contribution in [0.5, 0.6) is 0 Å². The van der Waals surface area contributed by atoms with Crippen molar-refractivity contribution in [3.63, 3.8) is 0 Å². The molecule has 18 heavy (non-hydrogen) atoms. The summed E-state index contributed by atoms with van der Waals surface area (Å²) in [7, 11) is -3.42. The van der Waals surface area contributed by atoms with Gasteiger partial charge in [0, 0.05) is 23.6 Å². The fourth-order valence-corrected chi connectivity index (χ4v) is 4.59. The predicted molar refractivity (Wildman–Crippen MR) is 74.7 cm³/mol. The molecule has 1 fully saturated rings. The summed E-state index contributed by atoms with van der Waals surface area (Å²) in [4.78, 5) is 0.331. The molecule has 0 radical (unpaired) electrons. The predicted octanol–water partition coefficient (Wildman–Crippen LogP) is 1.95. The van der Waals surface area contributed by atoms with Gasteiger partial charge < -0.3 is 5.73 Å². The van der Waals surface area contributed by atoms with E-state index in [1.165, 1.54) is 0 Å². The second-order valence-electron chi connectivity index (χ2n) is 4.46. The molecule has 1 aromatic carbocycles.